The highest BCUT2D eigenvalue weighted by Crippen LogP contribution is 2.18. The minimum atomic E-state index is -1.68. The van der Waals surface area contributed by atoms with Crippen LogP contribution in [0.5, 0.6) is 0 Å². The zero-order chi connectivity index (χ0) is 10.7. The molecule has 0 aromatic carbocycles. The van der Waals surface area contributed by atoms with Crippen LogP contribution in [0.25, 0.3) is 6.08 Å². The van der Waals surface area contributed by atoms with Crippen LogP contribution >= 0.6 is 11.3 Å². The number of rotatable bonds is 3. The summed E-state index contributed by atoms with van der Waals surface area (Å²) in [4.78, 5) is 22.4. The summed E-state index contributed by atoms with van der Waals surface area (Å²) in [6.45, 7) is 1.85. The Hall–Kier alpha value is -1.66. The summed E-state index contributed by atoms with van der Waals surface area (Å²) in [6.07, 6.45) is 1.09. The van der Waals surface area contributed by atoms with Gasteiger partial charge in [-0.2, -0.15) is 0 Å². The maximum atomic E-state index is 10.5. The van der Waals surface area contributed by atoms with Gasteiger partial charge in [-0.1, -0.05) is 0 Å². The Morgan fingerprint density at radius 3 is 2.40 bits per heavy atom. The molecule has 82 valence electrons. The first-order chi connectivity index (χ1) is 6.50. The van der Waals surface area contributed by atoms with Gasteiger partial charge in [0.25, 0.3) is 0 Å². The summed E-state index contributed by atoms with van der Waals surface area (Å²) in [6, 6.07) is 3.44. The maximum Gasteiger partial charge on any atom is 0.337 e. The van der Waals surface area contributed by atoms with E-state index in [1.807, 2.05) is 6.92 Å². The number of carboxylic acids is 2. The van der Waals surface area contributed by atoms with Gasteiger partial charge in [-0.3, -0.25) is 0 Å². The van der Waals surface area contributed by atoms with Crippen molar-refractivity contribution in [1.82, 2.24) is 6.15 Å². The molecule has 0 bridgehead atoms. The van der Waals surface area contributed by atoms with Crippen LogP contribution in [0.3, 0.4) is 0 Å². The van der Waals surface area contributed by atoms with Gasteiger partial charge in [-0.25, -0.2) is 4.79 Å². The Morgan fingerprint density at radius 2 is 2.07 bits per heavy atom. The van der Waals surface area contributed by atoms with E-state index in [0.717, 1.165) is 11.0 Å². The monoisotopic (exact) mass is 229 g/mol. The molecule has 0 aliphatic heterocycles. The van der Waals surface area contributed by atoms with Gasteiger partial charge >= 0.3 is 5.97 Å². The van der Waals surface area contributed by atoms with Gasteiger partial charge < -0.3 is 21.2 Å². The molecule has 5 N–H and O–H groups in total. The molecule has 1 heterocycles. The Bertz CT molecular complexity index is 392. The van der Waals surface area contributed by atoms with E-state index < -0.39 is 17.5 Å². The summed E-state index contributed by atoms with van der Waals surface area (Å²) in [5.74, 6) is -3.17. The molecule has 1 rings (SSSR count). The number of hydrogen-bond acceptors (Lipinski definition) is 4. The molecule has 15 heavy (non-hydrogen) atoms. The summed E-state index contributed by atoms with van der Waals surface area (Å²) in [5, 5.41) is 18.9. The molecular formula is C9H11NO4S. The Morgan fingerprint density at radius 1 is 1.47 bits per heavy atom. The van der Waals surface area contributed by atoms with Crippen molar-refractivity contribution in [2.45, 2.75) is 6.92 Å². The van der Waals surface area contributed by atoms with Crippen LogP contribution in [0.15, 0.2) is 17.7 Å². The number of carbonyl (C=O) groups is 2. The minimum Gasteiger partial charge on any atom is -0.545 e. The maximum absolute atomic E-state index is 10.5. The first-order valence-corrected chi connectivity index (χ1v) is 4.55. The SMILES string of the molecule is Cc1ccc(/C=C(/C(=O)[O-])C(=O)O)s1.[NH4+]. The topological polar surface area (TPSA) is 114 Å². The van der Waals surface area contributed by atoms with E-state index >= 15 is 0 Å². The normalized spacial score (nSPS) is 10.6. The van der Waals surface area contributed by atoms with Crippen molar-refractivity contribution in [3.05, 3.63) is 27.5 Å². The number of aryl methyl sites for hydroxylation is 1. The third kappa shape index (κ3) is 3.53. The lowest BCUT2D eigenvalue weighted by atomic mass is 10.2. The number of carbonyl (C=O) groups excluding carboxylic acids is 1. The molecule has 0 fully saturated rings. The Kier molecular flexibility index (Phi) is 4.69. The molecular weight excluding hydrogens is 218 g/mol. The van der Waals surface area contributed by atoms with E-state index in [9.17, 15) is 14.7 Å². The van der Waals surface area contributed by atoms with Crippen molar-refractivity contribution < 1.29 is 19.8 Å². The predicted molar refractivity (Wildman–Crippen MR) is 55.7 cm³/mol. The second-order valence-corrected chi connectivity index (χ2v) is 3.92. The lowest BCUT2D eigenvalue weighted by Crippen LogP contribution is -2.28. The fourth-order valence-corrected chi connectivity index (χ4v) is 1.70. The van der Waals surface area contributed by atoms with Crippen LogP contribution < -0.4 is 11.3 Å². The quantitative estimate of drug-likeness (QED) is 0.450. The predicted octanol–water partition coefficient (Wildman–Crippen LogP) is 0.651. The fraction of sp³-hybridized carbons (Fsp3) is 0.111. The highest BCUT2D eigenvalue weighted by molar-refractivity contribution is 7.12. The lowest BCUT2D eigenvalue weighted by molar-refractivity contribution is -0.298. The standard InChI is InChI=1S/C9H8O4S.H3N/c1-5-2-3-6(14-5)4-7(8(10)11)9(12)13;/h2-4H,1H3,(H,10,11)(H,12,13);1H3. The first kappa shape index (κ1) is 13.3. The Labute approximate surface area is 90.3 Å². The van der Waals surface area contributed by atoms with Gasteiger partial charge in [0.05, 0.1) is 11.5 Å². The van der Waals surface area contributed by atoms with Gasteiger partial charge in [-0.05, 0) is 25.1 Å². The highest BCUT2D eigenvalue weighted by Gasteiger charge is 2.08. The van der Waals surface area contributed by atoms with Crippen molar-refractivity contribution >= 4 is 29.4 Å². The average molecular weight is 229 g/mol. The molecule has 0 unspecified atom stereocenters. The van der Waals surface area contributed by atoms with E-state index in [0.29, 0.717) is 4.88 Å². The van der Waals surface area contributed by atoms with Crippen molar-refractivity contribution in [3.8, 4) is 0 Å². The van der Waals surface area contributed by atoms with E-state index in [2.05, 4.69) is 0 Å². The van der Waals surface area contributed by atoms with Gasteiger partial charge in [0.1, 0.15) is 0 Å². The number of hydrogen-bond donors (Lipinski definition) is 2. The molecule has 0 saturated heterocycles. The van der Waals surface area contributed by atoms with Gasteiger partial charge in [0.15, 0.2) is 0 Å². The molecule has 0 atom stereocenters. The second-order valence-electron chi connectivity index (χ2n) is 2.60. The Balaban J connectivity index is 0.00000196. The number of quaternary nitrogens is 1. The summed E-state index contributed by atoms with van der Waals surface area (Å²) >= 11 is 1.32. The van der Waals surface area contributed by atoms with Crippen LogP contribution in [-0.4, -0.2) is 17.0 Å². The molecule has 1 aromatic heterocycles. The fourth-order valence-electron chi connectivity index (χ4n) is 0.881. The second kappa shape index (κ2) is 5.28. The van der Waals surface area contributed by atoms with Crippen LogP contribution in [0.2, 0.25) is 0 Å². The molecule has 0 radical (unpaired) electrons. The molecule has 0 aliphatic rings. The van der Waals surface area contributed by atoms with Crippen molar-refractivity contribution in [2.24, 2.45) is 0 Å². The van der Waals surface area contributed by atoms with Crippen LogP contribution in [0, 0.1) is 6.92 Å². The minimum absolute atomic E-state index is 0. The number of aliphatic carboxylic acids is 2. The third-order valence-electron chi connectivity index (χ3n) is 1.50. The summed E-state index contributed by atoms with van der Waals surface area (Å²) < 4.78 is 0. The molecule has 5 nitrogen and oxygen atoms in total. The smallest absolute Gasteiger partial charge is 0.337 e. The van der Waals surface area contributed by atoms with Gasteiger partial charge in [0, 0.05) is 9.75 Å². The zero-order valence-corrected chi connectivity index (χ0v) is 9.13. The third-order valence-corrected chi connectivity index (χ3v) is 2.45. The van der Waals surface area contributed by atoms with Crippen LogP contribution in [0.1, 0.15) is 9.75 Å². The molecule has 0 aliphatic carbocycles. The van der Waals surface area contributed by atoms with Gasteiger partial charge in [-0.15, -0.1) is 11.3 Å². The zero-order valence-electron chi connectivity index (χ0n) is 8.31. The number of thiophene rings is 1. The van der Waals surface area contributed by atoms with E-state index in [-0.39, 0.29) is 6.15 Å². The largest absolute Gasteiger partial charge is 0.545 e. The molecule has 0 amide bonds. The lowest BCUT2D eigenvalue weighted by Gasteiger charge is -2.00. The molecule has 0 spiro atoms. The summed E-state index contributed by atoms with van der Waals surface area (Å²) in [5.41, 5.74) is -0.730. The van der Waals surface area contributed by atoms with Crippen LogP contribution in [0.4, 0.5) is 0 Å². The van der Waals surface area contributed by atoms with E-state index in [1.165, 1.54) is 11.3 Å². The van der Waals surface area contributed by atoms with Crippen molar-refractivity contribution in [2.75, 3.05) is 0 Å². The molecule has 6 heteroatoms. The first-order valence-electron chi connectivity index (χ1n) is 3.73. The average Bonchev–Trinajstić information content (AvgIpc) is 2.46. The van der Waals surface area contributed by atoms with E-state index in [1.54, 1.807) is 12.1 Å². The summed E-state index contributed by atoms with van der Waals surface area (Å²) in [7, 11) is 0. The molecule has 1 aromatic rings. The van der Waals surface area contributed by atoms with Crippen molar-refractivity contribution in [1.29, 1.82) is 0 Å². The van der Waals surface area contributed by atoms with Crippen molar-refractivity contribution in [3.63, 3.8) is 0 Å². The van der Waals surface area contributed by atoms with Crippen LogP contribution in [-0.2, 0) is 9.59 Å². The number of carboxylic acid groups (broad SMARTS) is 2. The van der Waals surface area contributed by atoms with E-state index in [4.69, 9.17) is 5.11 Å². The molecule has 0 saturated carbocycles. The highest BCUT2D eigenvalue weighted by atomic mass is 32.1. The van der Waals surface area contributed by atoms with Gasteiger partial charge in [0.2, 0.25) is 0 Å².